The van der Waals surface area contributed by atoms with E-state index in [1.54, 1.807) is 0 Å². The van der Waals surface area contributed by atoms with Crippen molar-refractivity contribution < 1.29 is 9.84 Å². The van der Waals surface area contributed by atoms with Gasteiger partial charge in [-0.2, -0.15) is 11.8 Å². The molecule has 3 rings (SSSR count). The van der Waals surface area contributed by atoms with Crippen LogP contribution in [0, 0.1) is 0 Å². The van der Waals surface area contributed by atoms with Crippen LogP contribution in [0.3, 0.4) is 0 Å². The summed E-state index contributed by atoms with van der Waals surface area (Å²) < 4.78 is 5.87. The Morgan fingerprint density at radius 1 is 1.27 bits per heavy atom. The van der Waals surface area contributed by atoms with E-state index in [0.29, 0.717) is 6.10 Å². The van der Waals surface area contributed by atoms with E-state index >= 15 is 0 Å². The first kappa shape index (κ1) is 9.55. The van der Waals surface area contributed by atoms with Gasteiger partial charge in [0.1, 0.15) is 11.9 Å². The largest absolute Gasteiger partial charge is 0.488 e. The van der Waals surface area contributed by atoms with Gasteiger partial charge >= 0.3 is 0 Å². The van der Waals surface area contributed by atoms with Crippen LogP contribution in [-0.2, 0) is 5.60 Å². The molecule has 1 aliphatic heterocycles. The van der Waals surface area contributed by atoms with Crippen LogP contribution in [-0.4, -0.2) is 22.7 Å². The maximum Gasteiger partial charge on any atom is 0.125 e. The van der Waals surface area contributed by atoms with Gasteiger partial charge in [0.25, 0.3) is 0 Å². The number of thioether (sulfide) groups is 1. The molecule has 0 amide bonds. The van der Waals surface area contributed by atoms with E-state index < -0.39 is 5.60 Å². The molecule has 2 fully saturated rings. The SMILES string of the molecule is OC1(c2ccccc2OC2CSC2)CC1. The second kappa shape index (κ2) is 3.42. The first-order valence-electron chi connectivity index (χ1n) is 5.34. The standard InChI is InChI=1S/C12H14O2S/c13-12(5-6-12)10-3-1-2-4-11(10)14-9-7-15-8-9/h1-4,9,13H,5-8H2. The quantitative estimate of drug-likeness (QED) is 0.850. The average Bonchev–Trinajstić information content (AvgIpc) is 2.92. The highest BCUT2D eigenvalue weighted by atomic mass is 32.2. The molecule has 15 heavy (non-hydrogen) atoms. The van der Waals surface area contributed by atoms with Crippen molar-refractivity contribution in [2.24, 2.45) is 0 Å². The zero-order valence-corrected chi connectivity index (χ0v) is 9.30. The molecule has 0 radical (unpaired) electrons. The molecule has 1 aromatic carbocycles. The molecule has 1 aromatic rings. The molecule has 0 bridgehead atoms. The van der Waals surface area contributed by atoms with E-state index in [0.717, 1.165) is 35.7 Å². The monoisotopic (exact) mass is 222 g/mol. The number of ether oxygens (including phenoxy) is 1. The predicted octanol–water partition coefficient (Wildman–Crippen LogP) is 2.16. The molecule has 80 valence electrons. The number of benzene rings is 1. The van der Waals surface area contributed by atoms with Crippen LogP contribution in [0.25, 0.3) is 0 Å². The van der Waals surface area contributed by atoms with Crippen molar-refractivity contribution in [1.82, 2.24) is 0 Å². The van der Waals surface area contributed by atoms with Gasteiger partial charge in [-0.3, -0.25) is 0 Å². The molecule has 0 unspecified atom stereocenters. The highest BCUT2D eigenvalue weighted by Crippen LogP contribution is 2.49. The number of hydrogen-bond donors (Lipinski definition) is 1. The Kier molecular flexibility index (Phi) is 2.18. The van der Waals surface area contributed by atoms with Crippen LogP contribution < -0.4 is 4.74 Å². The lowest BCUT2D eigenvalue weighted by molar-refractivity contribution is 0.141. The smallest absolute Gasteiger partial charge is 0.125 e. The molecule has 2 aliphatic rings. The zero-order valence-electron chi connectivity index (χ0n) is 8.48. The van der Waals surface area contributed by atoms with E-state index in [2.05, 4.69) is 0 Å². The van der Waals surface area contributed by atoms with Crippen LogP contribution in [0.5, 0.6) is 5.75 Å². The fourth-order valence-corrected chi connectivity index (χ4v) is 2.37. The van der Waals surface area contributed by atoms with Crippen molar-refractivity contribution in [2.45, 2.75) is 24.5 Å². The molecular formula is C12H14O2S. The molecule has 1 aliphatic carbocycles. The molecule has 0 spiro atoms. The number of rotatable bonds is 3. The third kappa shape index (κ3) is 1.74. The van der Waals surface area contributed by atoms with Gasteiger partial charge < -0.3 is 9.84 Å². The summed E-state index contributed by atoms with van der Waals surface area (Å²) in [4.78, 5) is 0. The number of hydrogen-bond acceptors (Lipinski definition) is 3. The Balaban J connectivity index is 1.85. The summed E-state index contributed by atoms with van der Waals surface area (Å²) >= 11 is 1.91. The van der Waals surface area contributed by atoms with Crippen LogP contribution in [0.15, 0.2) is 24.3 Å². The normalized spacial score (nSPS) is 23.3. The maximum atomic E-state index is 10.1. The Labute approximate surface area is 93.6 Å². The molecule has 1 N–H and O–H groups in total. The van der Waals surface area contributed by atoms with Crippen molar-refractivity contribution in [3.8, 4) is 5.75 Å². The molecule has 0 aromatic heterocycles. The van der Waals surface area contributed by atoms with E-state index in [-0.39, 0.29) is 0 Å². The highest BCUT2D eigenvalue weighted by Gasteiger charge is 2.44. The van der Waals surface area contributed by atoms with Crippen LogP contribution in [0.1, 0.15) is 18.4 Å². The summed E-state index contributed by atoms with van der Waals surface area (Å²) in [6.45, 7) is 0. The minimum Gasteiger partial charge on any atom is -0.488 e. The Bertz CT molecular complexity index is 370. The van der Waals surface area contributed by atoms with Crippen molar-refractivity contribution in [3.63, 3.8) is 0 Å². The van der Waals surface area contributed by atoms with Crippen molar-refractivity contribution in [3.05, 3.63) is 29.8 Å². The van der Waals surface area contributed by atoms with Gasteiger partial charge in [0.2, 0.25) is 0 Å². The lowest BCUT2D eigenvalue weighted by Gasteiger charge is -2.27. The van der Waals surface area contributed by atoms with E-state index in [1.807, 2.05) is 36.0 Å². The molecule has 0 atom stereocenters. The number of para-hydroxylation sites is 1. The van der Waals surface area contributed by atoms with Gasteiger partial charge in [0.05, 0.1) is 5.60 Å². The molecule has 1 saturated carbocycles. The number of aliphatic hydroxyl groups is 1. The topological polar surface area (TPSA) is 29.5 Å². The highest BCUT2D eigenvalue weighted by molar-refractivity contribution is 8.00. The lowest BCUT2D eigenvalue weighted by atomic mass is 10.1. The van der Waals surface area contributed by atoms with Crippen LogP contribution in [0.2, 0.25) is 0 Å². The minimum atomic E-state index is -0.590. The summed E-state index contributed by atoms with van der Waals surface area (Å²) in [7, 11) is 0. The van der Waals surface area contributed by atoms with E-state index in [9.17, 15) is 5.11 Å². The summed E-state index contributed by atoms with van der Waals surface area (Å²) in [6.07, 6.45) is 2.08. The summed E-state index contributed by atoms with van der Waals surface area (Å²) in [5.74, 6) is 3.03. The van der Waals surface area contributed by atoms with E-state index in [4.69, 9.17) is 4.74 Å². The Hall–Kier alpha value is -0.670. The molecule has 3 heteroatoms. The van der Waals surface area contributed by atoms with Gasteiger partial charge in [-0.05, 0) is 18.9 Å². The molecule has 1 saturated heterocycles. The van der Waals surface area contributed by atoms with Crippen molar-refractivity contribution >= 4 is 11.8 Å². The second-order valence-corrected chi connectivity index (χ2v) is 5.38. The summed E-state index contributed by atoms with van der Waals surface area (Å²) in [6, 6.07) is 7.88. The zero-order chi connectivity index (χ0) is 10.3. The fourth-order valence-electron chi connectivity index (χ4n) is 1.80. The van der Waals surface area contributed by atoms with Gasteiger partial charge in [0, 0.05) is 17.1 Å². The van der Waals surface area contributed by atoms with Gasteiger partial charge in [-0.15, -0.1) is 0 Å². The van der Waals surface area contributed by atoms with Crippen molar-refractivity contribution in [2.75, 3.05) is 11.5 Å². The predicted molar refractivity (Wildman–Crippen MR) is 61.3 cm³/mol. The van der Waals surface area contributed by atoms with Crippen LogP contribution in [0.4, 0.5) is 0 Å². The second-order valence-electron chi connectivity index (χ2n) is 4.31. The minimum absolute atomic E-state index is 0.346. The first-order valence-corrected chi connectivity index (χ1v) is 6.50. The molecular weight excluding hydrogens is 208 g/mol. The fraction of sp³-hybridized carbons (Fsp3) is 0.500. The Morgan fingerprint density at radius 3 is 2.60 bits per heavy atom. The van der Waals surface area contributed by atoms with Gasteiger partial charge in [-0.1, -0.05) is 18.2 Å². The van der Waals surface area contributed by atoms with Gasteiger partial charge in [0.15, 0.2) is 0 Å². The lowest BCUT2D eigenvalue weighted by Crippen LogP contribution is -2.31. The van der Waals surface area contributed by atoms with Crippen LogP contribution >= 0.6 is 11.8 Å². The maximum absolute atomic E-state index is 10.1. The van der Waals surface area contributed by atoms with Gasteiger partial charge in [-0.25, -0.2) is 0 Å². The molecule has 1 heterocycles. The molecule has 2 nitrogen and oxygen atoms in total. The summed E-state index contributed by atoms with van der Waals surface area (Å²) in [5, 5.41) is 10.1. The summed E-state index contributed by atoms with van der Waals surface area (Å²) in [5.41, 5.74) is 0.384. The third-order valence-electron chi connectivity index (χ3n) is 3.01. The van der Waals surface area contributed by atoms with Crippen molar-refractivity contribution in [1.29, 1.82) is 0 Å². The third-order valence-corrected chi connectivity index (χ3v) is 4.23. The Morgan fingerprint density at radius 2 is 2.00 bits per heavy atom. The van der Waals surface area contributed by atoms with E-state index in [1.165, 1.54) is 0 Å². The first-order chi connectivity index (χ1) is 7.28. The average molecular weight is 222 g/mol.